The number of epoxide rings is 1. The van der Waals surface area contributed by atoms with Crippen molar-refractivity contribution in [2.45, 2.75) is 32.0 Å². The molecule has 0 radical (unpaired) electrons. The van der Waals surface area contributed by atoms with E-state index >= 15 is 0 Å². The minimum atomic E-state index is -0.560. The predicted octanol–water partition coefficient (Wildman–Crippen LogP) is 2.91. The lowest BCUT2D eigenvalue weighted by atomic mass is 9.97. The summed E-state index contributed by atoms with van der Waals surface area (Å²) in [6.07, 6.45) is 0.325. The molecule has 4 heteroatoms. The minimum absolute atomic E-state index is 0.288. The number of rotatable bonds is 4. The summed E-state index contributed by atoms with van der Waals surface area (Å²) >= 11 is 5.82. The van der Waals surface area contributed by atoms with Gasteiger partial charge >= 0.3 is 5.97 Å². The average molecular weight is 255 g/mol. The fourth-order valence-corrected chi connectivity index (χ4v) is 1.89. The van der Waals surface area contributed by atoms with Gasteiger partial charge in [0.15, 0.2) is 6.10 Å². The molecule has 1 aromatic rings. The third-order valence-electron chi connectivity index (χ3n) is 2.89. The van der Waals surface area contributed by atoms with Crippen LogP contribution in [0.25, 0.3) is 0 Å². The first-order valence-electron chi connectivity index (χ1n) is 5.68. The maximum absolute atomic E-state index is 11.6. The molecule has 2 atom stereocenters. The van der Waals surface area contributed by atoms with Gasteiger partial charge in [0.1, 0.15) is 5.60 Å². The first-order chi connectivity index (χ1) is 8.08. The molecule has 0 bridgehead atoms. The third kappa shape index (κ3) is 2.45. The quantitative estimate of drug-likeness (QED) is 0.613. The van der Waals surface area contributed by atoms with Gasteiger partial charge in [-0.05, 0) is 31.0 Å². The fourth-order valence-electron chi connectivity index (χ4n) is 1.76. The Morgan fingerprint density at radius 2 is 2.12 bits per heavy atom. The van der Waals surface area contributed by atoms with E-state index in [0.717, 1.165) is 12.0 Å². The zero-order valence-electron chi connectivity index (χ0n) is 9.90. The molecule has 2 rings (SSSR count). The van der Waals surface area contributed by atoms with E-state index in [4.69, 9.17) is 21.1 Å². The first-order valence-corrected chi connectivity index (χ1v) is 6.06. The predicted molar refractivity (Wildman–Crippen MR) is 64.9 cm³/mol. The van der Waals surface area contributed by atoms with Crippen LogP contribution in [0.2, 0.25) is 5.02 Å². The van der Waals surface area contributed by atoms with E-state index in [1.54, 1.807) is 12.1 Å². The number of hydrogen-bond acceptors (Lipinski definition) is 3. The van der Waals surface area contributed by atoms with Gasteiger partial charge in [0.25, 0.3) is 0 Å². The average Bonchev–Trinajstić information content (AvgIpc) is 3.01. The van der Waals surface area contributed by atoms with Crippen molar-refractivity contribution in [3.63, 3.8) is 0 Å². The Hall–Kier alpha value is -1.06. The molecule has 1 aromatic carbocycles. The number of carbonyl (C=O) groups is 1. The number of halogens is 1. The summed E-state index contributed by atoms with van der Waals surface area (Å²) in [5.41, 5.74) is 0.385. The zero-order chi connectivity index (χ0) is 12.5. The Balaban J connectivity index is 2.04. The molecule has 3 nitrogen and oxygen atoms in total. The highest BCUT2D eigenvalue weighted by molar-refractivity contribution is 6.30. The molecule has 17 heavy (non-hydrogen) atoms. The Labute approximate surface area is 106 Å². The largest absolute Gasteiger partial charge is 0.464 e. The molecule has 1 saturated heterocycles. The maximum atomic E-state index is 11.6. The summed E-state index contributed by atoms with van der Waals surface area (Å²) in [5, 5.41) is 0.670. The molecule has 1 fully saturated rings. The highest BCUT2D eigenvalue weighted by Gasteiger charge is 2.59. The lowest BCUT2D eigenvalue weighted by Crippen LogP contribution is -2.19. The fraction of sp³-hybridized carbons (Fsp3) is 0.462. The maximum Gasteiger partial charge on any atom is 0.338 e. The van der Waals surface area contributed by atoms with Crippen molar-refractivity contribution in [1.29, 1.82) is 0 Å². The van der Waals surface area contributed by atoms with Crippen LogP contribution < -0.4 is 0 Å². The van der Waals surface area contributed by atoms with Crippen molar-refractivity contribution in [1.82, 2.24) is 0 Å². The van der Waals surface area contributed by atoms with Crippen LogP contribution in [0.4, 0.5) is 0 Å². The molecular formula is C13H15ClO3. The highest BCUT2D eigenvalue weighted by Crippen LogP contribution is 2.46. The van der Waals surface area contributed by atoms with E-state index in [1.165, 1.54) is 0 Å². The molecule has 92 valence electrons. The Kier molecular flexibility index (Phi) is 3.40. The van der Waals surface area contributed by atoms with Crippen LogP contribution in [-0.4, -0.2) is 18.7 Å². The smallest absolute Gasteiger partial charge is 0.338 e. The molecular weight excluding hydrogens is 240 g/mol. The van der Waals surface area contributed by atoms with Gasteiger partial charge in [-0.15, -0.1) is 0 Å². The van der Waals surface area contributed by atoms with Crippen LogP contribution in [0.15, 0.2) is 24.3 Å². The molecule has 0 amide bonds. The second-order valence-electron chi connectivity index (χ2n) is 4.28. The Morgan fingerprint density at radius 1 is 1.47 bits per heavy atom. The lowest BCUT2D eigenvalue weighted by molar-refractivity contribution is -0.145. The van der Waals surface area contributed by atoms with E-state index in [-0.39, 0.29) is 5.97 Å². The summed E-state index contributed by atoms with van der Waals surface area (Å²) < 4.78 is 10.5. The SMILES string of the molecule is CCCOC(=O)C1OC1(C)c1ccc(Cl)cc1. The number of hydrogen-bond donors (Lipinski definition) is 0. The van der Waals surface area contributed by atoms with Crippen LogP contribution in [0.5, 0.6) is 0 Å². The Morgan fingerprint density at radius 3 is 2.71 bits per heavy atom. The topological polar surface area (TPSA) is 38.8 Å². The van der Waals surface area contributed by atoms with Crippen LogP contribution in [-0.2, 0) is 19.9 Å². The van der Waals surface area contributed by atoms with Crippen molar-refractivity contribution >= 4 is 17.6 Å². The number of ether oxygens (including phenoxy) is 2. The molecule has 1 aliphatic heterocycles. The van der Waals surface area contributed by atoms with E-state index in [2.05, 4.69) is 0 Å². The summed E-state index contributed by atoms with van der Waals surface area (Å²) in [4.78, 5) is 11.6. The minimum Gasteiger partial charge on any atom is -0.464 e. The first kappa shape index (κ1) is 12.4. The summed E-state index contributed by atoms with van der Waals surface area (Å²) in [6.45, 7) is 4.28. The molecule has 0 saturated carbocycles. The van der Waals surface area contributed by atoms with Crippen molar-refractivity contribution in [2.75, 3.05) is 6.61 Å². The number of carbonyl (C=O) groups excluding carboxylic acids is 1. The van der Waals surface area contributed by atoms with Crippen LogP contribution >= 0.6 is 11.6 Å². The Bertz CT molecular complexity index is 415. The molecule has 0 aliphatic carbocycles. The van der Waals surface area contributed by atoms with Gasteiger partial charge in [-0.3, -0.25) is 0 Å². The van der Waals surface area contributed by atoms with Crippen LogP contribution in [0, 0.1) is 0 Å². The van der Waals surface area contributed by atoms with Crippen LogP contribution in [0.3, 0.4) is 0 Å². The van der Waals surface area contributed by atoms with Crippen LogP contribution in [0.1, 0.15) is 25.8 Å². The van der Waals surface area contributed by atoms with E-state index in [1.807, 2.05) is 26.0 Å². The number of benzene rings is 1. The third-order valence-corrected chi connectivity index (χ3v) is 3.14. The monoisotopic (exact) mass is 254 g/mol. The van der Waals surface area contributed by atoms with Crippen molar-refractivity contribution < 1.29 is 14.3 Å². The summed E-state index contributed by atoms with van der Waals surface area (Å²) in [7, 11) is 0. The molecule has 0 aromatic heterocycles. The van der Waals surface area contributed by atoms with Gasteiger partial charge in [-0.1, -0.05) is 30.7 Å². The van der Waals surface area contributed by atoms with Gasteiger partial charge in [0.05, 0.1) is 6.61 Å². The number of esters is 1. The second kappa shape index (κ2) is 4.67. The van der Waals surface area contributed by atoms with E-state index < -0.39 is 11.7 Å². The summed E-state index contributed by atoms with van der Waals surface area (Å²) in [5.74, 6) is -0.288. The lowest BCUT2D eigenvalue weighted by Gasteiger charge is -2.06. The molecule has 1 aliphatic rings. The second-order valence-corrected chi connectivity index (χ2v) is 4.72. The molecule has 2 unspecified atom stereocenters. The van der Waals surface area contributed by atoms with Gasteiger partial charge in [0.2, 0.25) is 0 Å². The van der Waals surface area contributed by atoms with Gasteiger partial charge in [0, 0.05) is 5.02 Å². The standard InChI is InChI=1S/C13H15ClO3/c1-3-8-16-12(15)11-13(2,17-11)9-4-6-10(14)7-5-9/h4-7,11H,3,8H2,1-2H3. The van der Waals surface area contributed by atoms with Crippen molar-refractivity contribution in [3.05, 3.63) is 34.9 Å². The van der Waals surface area contributed by atoms with Gasteiger partial charge in [-0.2, -0.15) is 0 Å². The van der Waals surface area contributed by atoms with Gasteiger partial charge < -0.3 is 9.47 Å². The zero-order valence-corrected chi connectivity index (χ0v) is 10.7. The van der Waals surface area contributed by atoms with E-state index in [0.29, 0.717) is 11.6 Å². The van der Waals surface area contributed by atoms with Crippen molar-refractivity contribution in [3.8, 4) is 0 Å². The highest BCUT2D eigenvalue weighted by atomic mass is 35.5. The molecule has 0 N–H and O–H groups in total. The molecule has 1 heterocycles. The normalized spacial score (nSPS) is 26.6. The van der Waals surface area contributed by atoms with E-state index in [9.17, 15) is 4.79 Å². The van der Waals surface area contributed by atoms with Gasteiger partial charge in [-0.25, -0.2) is 4.79 Å². The van der Waals surface area contributed by atoms with Crippen molar-refractivity contribution in [2.24, 2.45) is 0 Å². The summed E-state index contributed by atoms with van der Waals surface area (Å²) in [6, 6.07) is 7.32. The molecule has 0 spiro atoms.